The molecule has 0 saturated carbocycles. The van der Waals surface area contributed by atoms with Gasteiger partial charge in [0.2, 0.25) is 0 Å². The Morgan fingerprint density at radius 3 is 2.50 bits per heavy atom. The molecule has 0 fully saturated rings. The van der Waals surface area contributed by atoms with Crippen molar-refractivity contribution in [2.24, 2.45) is 0 Å². The number of carbonyl (C=O) groups excluding carboxylic acids is 1. The Hall–Kier alpha value is -2.37. The molecule has 5 heteroatoms. The van der Waals surface area contributed by atoms with Gasteiger partial charge in [-0.1, -0.05) is 30.3 Å². The lowest BCUT2D eigenvalue weighted by Gasteiger charge is -2.27. The number of phenols is 1. The quantitative estimate of drug-likeness (QED) is 0.808. The molecule has 114 valence electrons. The van der Waals surface area contributed by atoms with Gasteiger partial charge in [0.25, 0.3) is 0 Å². The normalized spacial score (nSPS) is 17.0. The third kappa shape index (κ3) is 2.34. The Morgan fingerprint density at radius 1 is 1.14 bits per heavy atom. The van der Waals surface area contributed by atoms with E-state index in [0.29, 0.717) is 5.56 Å². The summed E-state index contributed by atoms with van der Waals surface area (Å²) < 4.78 is 5.80. The van der Waals surface area contributed by atoms with E-state index in [-0.39, 0.29) is 41.4 Å². The number of hydrogen-bond donors (Lipinski definition) is 3. The van der Waals surface area contributed by atoms with E-state index in [2.05, 4.69) is 0 Å². The number of rotatable bonds is 3. The van der Waals surface area contributed by atoms with Gasteiger partial charge in [0.05, 0.1) is 25.2 Å². The van der Waals surface area contributed by atoms with Gasteiger partial charge in [0.15, 0.2) is 17.3 Å². The second kappa shape index (κ2) is 5.79. The van der Waals surface area contributed by atoms with Crippen LogP contribution >= 0.6 is 0 Å². The average Bonchev–Trinajstić information content (AvgIpc) is 2.56. The number of Topliss-reactive ketones (excluding diaryl/α,β-unsaturated/α-hetero) is 1. The first kappa shape index (κ1) is 14.6. The Bertz CT molecular complexity index is 709. The number of fused-ring (bicyclic) bond motifs is 1. The lowest BCUT2D eigenvalue weighted by Crippen LogP contribution is -2.21. The van der Waals surface area contributed by atoms with E-state index in [1.807, 2.05) is 30.3 Å². The molecule has 0 bridgehead atoms. The molecule has 2 aromatic rings. The molecule has 1 aliphatic rings. The first-order valence-electron chi connectivity index (χ1n) is 7.00. The second-order valence-electron chi connectivity index (χ2n) is 5.20. The van der Waals surface area contributed by atoms with Crippen LogP contribution in [-0.2, 0) is 13.2 Å². The number of aliphatic hydroxyl groups excluding tert-OH is 2. The zero-order valence-corrected chi connectivity index (χ0v) is 11.8. The van der Waals surface area contributed by atoms with Gasteiger partial charge in [-0.3, -0.25) is 4.79 Å². The molecule has 3 rings (SSSR count). The summed E-state index contributed by atoms with van der Waals surface area (Å²) in [7, 11) is 0. The van der Waals surface area contributed by atoms with Crippen molar-refractivity contribution >= 4 is 5.78 Å². The van der Waals surface area contributed by atoms with Gasteiger partial charge >= 0.3 is 0 Å². The summed E-state index contributed by atoms with van der Waals surface area (Å²) in [6, 6.07) is 10.8. The lowest BCUT2D eigenvalue weighted by atomic mass is 9.92. The minimum Gasteiger partial charge on any atom is -0.504 e. The van der Waals surface area contributed by atoms with E-state index in [4.69, 9.17) is 4.74 Å². The van der Waals surface area contributed by atoms with Crippen LogP contribution in [0, 0.1) is 0 Å². The maximum Gasteiger partial charge on any atom is 0.173 e. The molecule has 1 unspecified atom stereocenters. The minimum absolute atomic E-state index is 0.0753. The fraction of sp³-hybridized carbons (Fsp3) is 0.235. The molecule has 1 atom stereocenters. The third-order valence-electron chi connectivity index (χ3n) is 3.88. The van der Waals surface area contributed by atoms with Gasteiger partial charge in [-0.05, 0) is 17.2 Å². The maximum atomic E-state index is 12.4. The van der Waals surface area contributed by atoms with E-state index >= 15 is 0 Å². The van der Waals surface area contributed by atoms with E-state index in [0.717, 1.165) is 5.56 Å². The monoisotopic (exact) mass is 300 g/mol. The average molecular weight is 300 g/mol. The summed E-state index contributed by atoms with van der Waals surface area (Å²) in [5.74, 6) is -0.367. The lowest BCUT2D eigenvalue weighted by molar-refractivity contribution is 0.0840. The SMILES string of the molecule is O=C1CC(c2ccccc2)Oc2c1cc(CO)c(CO)c2O. The van der Waals surface area contributed by atoms with Crippen molar-refractivity contribution in [3.63, 3.8) is 0 Å². The number of aromatic hydroxyl groups is 1. The van der Waals surface area contributed by atoms with E-state index in [1.54, 1.807) is 0 Å². The van der Waals surface area contributed by atoms with Crippen molar-refractivity contribution in [1.29, 1.82) is 0 Å². The van der Waals surface area contributed by atoms with Crippen LogP contribution in [0.1, 0.15) is 39.6 Å². The van der Waals surface area contributed by atoms with Crippen molar-refractivity contribution in [3.05, 3.63) is 58.7 Å². The molecule has 1 heterocycles. The number of carbonyl (C=O) groups is 1. The van der Waals surface area contributed by atoms with Gasteiger partial charge in [-0.15, -0.1) is 0 Å². The molecule has 1 aliphatic heterocycles. The molecule has 3 N–H and O–H groups in total. The van der Waals surface area contributed by atoms with Crippen LogP contribution in [0.15, 0.2) is 36.4 Å². The fourth-order valence-corrected chi connectivity index (χ4v) is 2.70. The Balaban J connectivity index is 2.08. The van der Waals surface area contributed by atoms with Crippen LogP contribution in [0.25, 0.3) is 0 Å². The van der Waals surface area contributed by atoms with E-state index < -0.39 is 12.7 Å². The van der Waals surface area contributed by atoms with Crippen LogP contribution in [0.3, 0.4) is 0 Å². The van der Waals surface area contributed by atoms with Gasteiger partial charge < -0.3 is 20.1 Å². The van der Waals surface area contributed by atoms with Crippen LogP contribution in [0.2, 0.25) is 0 Å². The highest BCUT2D eigenvalue weighted by Crippen LogP contribution is 2.43. The largest absolute Gasteiger partial charge is 0.504 e. The Morgan fingerprint density at radius 2 is 1.86 bits per heavy atom. The molecule has 2 aromatic carbocycles. The van der Waals surface area contributed by atoms with Crippen molar-refractivity contribution in [2.75, 3.05) is 0 Å². The van der Waals surface area contributed by atoms with E-state index in [1.165, 1.54) is 6.07 Å². The van der Waals surface area contributed by atoms with Crippen molar-refractivity contribution < 1.29 is 24.9 Å². The molecule has 0 spiro atoms. The first-order chi connectivity index (χ1) is 10.7. The number of aliphatic hydroxyl groups is 2. The van der Waals surface area contributed by atoms with E-state index in [9.17, 15) is 20.1 Å². The van der Waals surface area contributed by atoms with Gasteiger partial charge in [-0.25, -0.2) is 0 Å². The summed E-state index contributed by atoms with van der Waals surface area (Å²) in [4.78, 5) is 12.4. The summed E-state index contributed by atoms with van der Waals surface area (Å²) in [5.41, 5.74) is 1.60. The van der Waals surface area contributed by atoms with Crippen molar-refractivity contribution in [3.8, 4) is 11.5 Å². The number of benzene rings is 2. The molecular weight excluding hydrogens is 284 g/mol. The molecule has 0 aromatic heterocycles. The zero-order valence-electron chi connectivity index (χ0n) is 11.8. The highest BCUT2D eigenvalue weighted by atomic mass is 16.5. The first-order valence-corrected chi connectivity index (χ1v) is 7.00. The minimum atomic E-state index is -0.474. The van der Waals surface area contributed by atoms with Crippen LogP contribution in [0.4, 0.5) is 0 Å². The molecule has 0 aliphatic carbocycles. The molecule has 0 saturated heterocycles. The predicted octanol–water partition coefficient (Wildman–Crippen LogP) is 2.08. The highest BCUT2D eigenvalue weighted by molar-refractivity contribution is 6.01. The number of ether oxygens (including phenoxy) is 1. The molecule has 0 amide bonds. The number of hydrogen-bond acceptors (Lipinski definition) is 5. The maximum absolute atomic E-state index is 12.4. The smallest absolute Gasteiger partial charge is 0.173 e. The van der Waals surface area contributed by atoms with Gasteiger partial charge in [0.1, 0.15) is 6.10 Å². The van der Waals surface area contributed by atoms with Gasteiger partial charge in [0, 0.05) is 5.56 Å². The summed E-state index contributed by atoms with van der Waals surface area (Å²) in [6.45, 7) is -0.811. The molecule has 22 heavy (non-hydrogen) atoms. The summed E-state index contributed by atoms with van der Waals surface area (Å²) >= 11 is 0. The molecule has 5 nitrogen and oxygen atoms in total. The van der Waals surface area contributed by atoms with Crippen molar-refractivity contribution in [1.82, 2.24) is 0 Å². The fourth-order valence-electron chi connectivity index (χ4n) is 2.70. The van der Waals surface area contributed by atoms with Crippen LogP contribution in [-0.4, -0.2) is 21.1 Å². The second-order valence-corrected chi connectivity index (χ2v) is 5.20. The zero-order chi connectivity index (χ0) is 15.7. The number of ketones is 1. The van der Waals surface area contributed by atoms with Crippen LogP contribution < -0.4 is 4.74 Å². The standard InChI is InChI=1S/C17H16O5/c18-8-11-6-12-14(20)7-15(10-4-2-1-3-5-10)22-17(12)16(21)13(11)9-19/h1-6,15,18-19,21H,7-9H2. The third-order valence-corrected chi connectivity index (χ3v) is 3.88. The van der Waals surface area contributed by atoms with Gasteiger partial charge in [-0.2, -0.15) is 0 Å². The van der Waals surface area contributed by atoms with Crippen LogP contribution in [0.5, 0.6) is 11.5 Å². The Kier molecular flexibility index (Phi) is 3.83. The highest BCUT2D eigenvalue weighted by Gasteiger charge is 2.31. The molecule has 0 radical (unpaired) electrons. The molecular formula is C17H16O5. The topological polar surface area (TPSA) is 87.0 Å². The van der Waals surface area contributed by atoms with Crippen molar-refractivity contribution in [2.45, 2.75) is 25.7 Å². The summed E-state index contributed by atoms with van der Waals surface area (Å²) in [5, 5.41) is 29.0. The Labute approximate surface area is 127 Å². The summed E-state index contributed by atoms with van der Waals surface area (Å²) in [6.07, 6.45) is -0.307. The predicted molar refractivity (Wildman–Crippen MR) is 78.7 cm³/mol.